The summed E-state index contributed by atoms with van der Waals surface area (Å²) in [4.78, 5) is 12.8. The van der Waals surface area contributed by atoms with Crippen LogP contribution in [0.5, 0.6) is 17.2 Å². The summed E-state index contributed by atoms with van der Waals surface area (Å²) in [7, 11) is 2.92. The minimum absolute atomic E-state index is 0.0715. The van der Waals surface area contributed by atoms with E-state index >= 15 is 0 Å². The van der Waals surface area contributed by atoms with Crippen LogP contribution in [0.3, 0.4) is 0 Å². The molecule has 0 spiro atoms. The Morgan fingerprint density at radius 2 is 1.38 bits per heavy atom. The van der Waals surface area contributed by atoms with Gasteiger partial charge in [-0.3, -0.25) is 0 Å². The van der Waals surface area contributed by atoms with Crippen molar-refractivity contribution < 1.29 is 28.3 Å². The maximum absolute atomic E-state index is 12.8. The van der Waals surface area contributed by atoms with Crippen LogP contribution in [0.1, 0.15) is 46.9 Å². The third-order valence-corrected chi connectivity index (χ3v) is 6.90. The molecule has 1 aromatic heterocycles. The van der Waals surface area contributed by atoms with Crippen molar-refractivity contribution in [2.24, 2.45) is 0 Å². The lowest BCUT2D eigenvalue weighted by molar-refractivity contribution is 0.0590. The first-order valence-electron chi connectivity index (χ1n) is 13.7. The van der Waals surface area contributed by atoms with Crippen LogP contribution in [-0.2, 0) is 18.0 Å². The number of hydrogen-bond donors (Lipinski definition) is 0. The van der Waals surface area contributed by atoms with Gasteiger partial charge in [-0.05, 0) is 46.4 Å². The van der Waals surface area contributed by atoms with Crippen LogP contribution in [0, 0.1) is 0 Å². The molecular formula is C35H33NO6. The van der Waals surface area contributed by atoms with Crippen LogP contribution in [0.25, 0.3) is 22.5 Å². The smallest absolute Gasteiger partial charge is 0.360 e. The Bertz CT molecular complexity index is 1630. The molecule has 5 rings (SSSR count). The summed E-state index contributed by atoms with van der Waals surface area (Å²) in [6, 6.07) is 31.2. The molecule has 7 heteroatoms. The Morgan fingerprint density at radius 3 is 1.93 bits per heavy atom. The molecule has 4 aromatic carbocycles. The second-order valence-corrected chi connectivity index (χ2v) is 10.0. The number of nitrogens with zero attached hydrogens (tertiary/aromatic N) is 1. The van der Waals surface area contributed by atoms with Gasteiger partial charge in [-0.25, -0.2) is 4.79 Å². The van der Waals surface area contributed by atoms with Gasteiger partial charge in [-0.2, -0.15) is 0 Å². The third-order valence-electron chi connectivity index (χ3n) is 6.90. The fourth-order valence-corrected chi connectivity index (χ4v) is 4.66. The lowest BCUT2D eigenvalue weighted by atomic mass is 9.94. The van der Waals surface area contributed by atoms with E-state index in [1.807, 2.05) is 97.1 Å². The first kappa shape index (κ1) is 28.5. The van der Waals surface area contributed by atoms with E-state index in [1.54, 1.807) is 7.11 Å². The molecule has 214 valence electrons. The molecule has 0 bridgehead atoms. The monoisotopic (exact) mass is 563 g/mol. The molecule has 0 aliphatic carbocycles. The number of esters is 1. The summed E-state index contributed by atoms with van der Waals surface area (Å²) in [5.41, 5.74) is 4.97. The van der Waals surface area contributed by atoms with Crippen LogP contribution in [-0.4, -0.2) is 25.3 Å². The normalized spacial score (nSPS) is 10.9. The van der Waals surface area contributed by atoms with E-state index in [0.717, 1.165) is 22.3 Å². The summed E-state index contributed by atoms with van der Waals surface area (Å²) < 4.78 is 29.1. The largest absolute Gasteiger partial charge is 0.497 e. The first-order valence-corrected chi connectivity index (χ1v) is 13.7. The fourth-order valence-electron chi connectivity index (χ4n) is 4.66. The van der Waals surface area contributed by atoms with Gasteiger partial charge in [0.05, 0.1) is 25.3 Å². The van der Waals surface area contributed by atoms with Crippen molar-refractivity contribution in [3.63, 3.8) is 0 Å². The summed E-state index contributed by atoms with van der Waals surface area (Å²) in [6.07, 6.45) is 0. The van der Waals surface area contributed by atoms with Crippen molar-refractivity contribution in [3.05, 3.63) is 119 Å². The molecule has 1 heterocycles. The van der Waals surface area contributed by atoms with E-state index in [0.29, 0.717) is 47.3 Å². The Balaban J connectivity index is 1.65. The minimum atomic E-state index is -0.602. The van der Waals surface area contributed by atoms with Gasteiger partial charge in [-0.1, -0.05) is 91.8 Å². The number of carbonyl (C=O) groups excluding carboxylic acids is 1. The average molecular weight is 564 g/mol. The van der Waals surface area contributed by atoms with Crippen LogP contribution in [0.15, 0.2) is 102 Å². The molecule has 0 radical (unpaired) electrons. The van der Waals surface area contributed by atoms with Gasteiger partial charge in [0, 0.05) is 6.07 Å². The lowest BCUT2D eigenvalue weighted by Crippen LogP contribution is -2.05. The fraction of sp³-hybridized carbons (Fsp3) is 0.200. The van der Waals surface area contributed by atoms with E-state index < -0.39 is 5.97 Å². The van der Waals surface area contributed by atoms with E-state index in [9.17, 15) is 4.79 Å². The zero-order valence-corrected chi connectivity index (χ0v) is 24.1. The Hall–Kier alpha value is -5.04. The van der Waals surface area contributed by atoms with Crippen LogP contribution >= 0.6 is 0 Å². The highest BCUT2D eigenvalue weighted by atomic mass is 16.5. The minimum Gasteiger partial charge on any atom is -0.497 e. The second-order valence-electron chi connectivity index (χ2n) is 10.0. The Labute approximate surface area is 245 Å². The quantitative estimate of drug-likeness (QED) is 0.150. The first-order chi connectivity index (χ1) is 20.5. The van der Waals surface area contributed by atoms with Gasteiger partial charge in [0.15, 0.2) is 11.5 Å². The van der Waals surface area contributed by atoms with E-state index in [2.05, 4.69) is 19.0 Å². The molecular weight excluding hydrogens is 530 g/mol. The molecule has 0 saturated heterocycles. The maximum atomic E-state index is 12.8. The molecule has 42 heavy (non-hydrogen) atoms. The van der Waals surface area contributed by atoms with E-state index in [1.165, 1.54) is 7.11 Å². The number of aromatic nitrogens is 1. The summed E-state index contributed by atoms with van der Waals surface area (Å²) in [5, 5.41) is 4.15. The lowest BCUT2D eigenvalue weighted by Gasteiger charge is -2.19. The van der Waals surface area contributed by atoms with Crippen molar-refractivity contribution in [2.75, 3.05) is 14.2 Å². The molecule has 7 nitrogen and oxygen atoms in total. The van der Waals surface area contributed by atoms with Gasteiger partial charge in [0.2, 0.25) is 0 Å². The average Bonchev–Trinajstić information content (AvgIpc) is 3.48. The van der Waals surface area contributed by atoms with Crippen molar-refractivity contribution in [3.8, 4) is 39.7 Å². The van der Waals surface area contributed by atoms with E-state index in [4.69, 9.17) is 23.5 Å². The van der Waals surface area contributed by atoms with E-state index in [-0.39, 0.29) is 11.6 Å². The van der Waals surface area contributed by atoms with Gasteiger partial charge in [0.25, 0.3) is 0 Å². The number of carbonyl (C=O) groups is 1. The van der Waals surface area contributed by atoms with Crippen molar-refractivity contribution >= 4 is 5.97 Å². The van der Waals surface area contributed by atoms with Crippen molar-refractivity contribution in [2.45, 2.75) is 33.0 Å². The van der Waals surface area contributed by atoms with Crippen LogP contribution in [0.2, 0.25) is 0 Å². The highest BCUT2D eigenvalue weighted by Gasteiger charge is 2.28. The van der Waals surface area contributed by atoms with Crippen molar-refractivity contribution in [1.29, 1.82) is 0 Å². The molecule has 0 aliphatic rings. The molecule has 0 N–H and O–H groups in total. The Kier molecular flexibility index (Phi) is 8.87. The van der Waals surface area contributed by atoms with Gasteiger partial charge in [-0.15, -0.1) is 0 Å². The predicted octanol–water partition coefficient (Wildman–Crippen LogP) is 8.09. The number of methoxy groups -OCH3 is 2. The highest BCUT2D eigenvalue weighted by Crippen LogP contribution is 2.44. The number of hydrogen-bond acceptors (Lipinski definition) is 7. The number of rotatable bonds is 11. The topological polar surface area (TPSA) is 80.0 Å². The molecule has 0 fully saturated rings. The van der Waals surface area contributed by atoms with Gasteiger partial charge >= 0.3 is 5.97 Å². The van der Waals surface area contributed by atoms with Crippen molar-refractivity contribution in [1.82, 2.24) is 5.16 Å². The maximum Gasteiger partial charge on any atom is 0.360 e. The van der Waals surface area contributed by atoms with Gasteiger partial charge in [0.1, 0.15) is 30.5 Å². The third kappa shape index (κ3) is 6.31. The molecule has 5 aromatic rings. The summed E-state index contributed by atoms with van der Waals surface area (Å²) >= 11 is 0. The molecule has 0 amide bonds. The summed E-state index contributed by atoms with van der Waals surface area (Å²) in [6.45, 7) is 4.93. The SMILES string of the molecule is COC(=O)c1noc(-c2cc(C(C)C)c(OCc3ccccc3)cc2OCc2ccccc2)c1-c1ccc(OC)cc1. The second kappa shape index (κ2) is 13.1. The van der Waals surface area contributed by atoms with Gasteiger partial charge < -0.3 is 23.5 Å². The highest BCUT2D eigenvalue weighted by molar-refractivity contribution is 6.00. The van der Waals surface area contributed by atoms with Crippen LogP contribution < -0.4 is 14.2 Å². The number of ether oxygens (including phenoxy) is 4. The molecule has 0 atom stereocenters. The summed E-state index contributed by atoms with van der Waals surface area (Å²) in [5.74, 6) is 1.83. The number of benzene rings is 4. The zero-order chi connectivity index (χ0) is 29.5. The standard InChI is InChI=1S/C35H33NO6/c1-23(2)28-19-29(34-32(33(36-42-34)35(37)39-4)26-15-17-27(38-3)18-16-26)31(41-22-25-13-9-6-10-14-25)20-30(28)40-21-24-11-7-5-8-12-24/h5-20,23H,21-22H2,1-4H3. The predicted molar refractivity (Wildman–Crippen MR) is 161 cm³/mol. The molecule has 0 aliphatic heterocycles. The Morgan fingerprint density at radius 1 is 0.786 bits per heavy atom. The molecule has 0 saturated carbocycles. The zero-order valence-electron chi connectivity index (χ0n) is 24.1. The van der Waals surface area contributed by atoms with Crippen LogP contribution in [0.4, 0.5) is 0 Å². The molecule has 0 unspecified atom stereocenters.